The van der Waals surface area contributed by atoms with Crippen molar-refractivity contribution in [2.24, 2.45) is 5.92 Å². The first-order valence-electron chi connectivity index (χ1n) is 14.1. The summed E-state index contributed by atoms with van der Waals surface area (Å²) in [6, 6.07) is 30.8. The standard InChI is InChI=1S/C34H34ClN3O4/c1-33(2)41-29-23(20-27(30(29)42-33)28(39)21-38-32-31(35)36-18-19-37-32)22-40-34(24-12-6-3-7-13-24,25-14-8-4-9-15-25)26-16-10-5-11-17-26/h3-20,27-30,39H,21-22H2,1-2H3,(H,37,38)/t27-,28?,29+,30-/m0/s1. The van der Waals surface area contributed by atoms with Crippen LogP contribution in [0.3, 0.4) is 0 Å². The molecule has 2 N–H and O–H groups in total. The van der Waals surface area contributed by atoms with Crippen LogP contribution in [0.25, 0.3) is 0 Å². The maximum Gasteiger partial charge on any atom is 0.171 e. The van der Waals surface area contributed by atoms with Gasteiger partial charge in [0.1, 0.15) is 11.7 Å². The summed E-state index contributed by atoms with van der Waals surface area (Å²) < 4.78 is 19.8. The van der Waals surface area contributed by atoms with Crippen molar-refractivity contribution in [3.05, 3.63) is 137 Å². The van der Waals surface area contributed by atoms with Crippen LogP contribution in [0.1, 0.15) is 30.5 Å². The number of halogens is 1. The fourth-order valence-corrected chi connectivity index (χ4v) is 6.16. The van der Waals surface area contributed by atoms with Crippen LogP contribution in [-0.2, 0) is 19.8 Å². The van der Waals surface area contributed by atoms with Gasteiger partial charge in [-0.1, -0.05) is 109 Å². The highest BCUT2D eigenvalue weighted by molar-refractivity contribution is 6.31. The zero-order valence-electron chi connectivity index (χ0n) is 23.6. The van der Waals surface area contributed by atoms with Crippen LogP contribution in [-0.4, -0.2) is 52.3 Å². The number of hydrogen-bond acceptors (Lipinski definition) is 7. The minimum atomic E-state index is -0.879. The molecule has 2 aliphatic rings. The molecule has 0 amide bonds. The van der Waals surface area contributed by atoms with E-state index in [4.69, 9.17) is 25.8 Å². The van der Waals surface area contributed by atoms with E-state index >= 15 is 0 Å². The Labute approximate surface area is 251 Å². The summed E-state index contributed by atoms with van der Waals surface area (Å²) in [7, 11) is 0. The van der Waals surface area contributed by atoms with Crippen LogP contribution in [0.2, 0.25) is 5.15 Å². The summed E-state index contributed by atoms with van der Waals surface area (Å²) in [5, 5.41) is 14.7. The van der Waals surface area contributed by atoms with Gasteiger partial charge >= 0.3 is 0 Å². The van der Waals surface area contributed by atoms with Crippen molar-refractivity contribution in [1.29, 1.82) is 0 Å². The van der Waals surface area contributed by atoms with Crippen molar-refractivity contribution in [1.82, 2.24) is 9.97 Å². The third-order valence-electron chi connectivity index (χ3n) is 7.85. The Kier molecular flexibility index (Phi) is 8.12. The fraction of sp³-hybridized carbons (Fsp3) is 0.294. The number of benzene rings is 3. The number of aliphatic hydroxyl groups excluding tert-OH is 1. The van der Waals surface area contributed by atoms with E-state index in [0.717, 1.165) is 22.3 Å². The molecule has 3 aromatic carbocycles. The first kappa shape index (κ1) is 28.5. The van der Waals surface area contributed by atoms with Crippen LogP contribution in [0.4, 0.5) is 5.82 Å². The van der Waals surface area contributed by atoms with E-state index in [9.17, 15) is 5.11 Å². The van der Waals surface area contributed by atoms with Crippen molar-refractivity contribution in [2.45, 2.75) is 43.5 Å². The number of hydrogen-bond donors (Lipinski definition) is 2. The monoisotopic (exact) mass is 583 g/mol. The number of nitrogens with one attached hydrogen (secondary N) is 1. The van der Waals surface area contributed by atoms with Gasteiger partial charge in [0.25, 0.3) is 0 Å². The second kappa shape index (κ2) is 12.0. The highest BCUT2D eigenvalue weighted by Crippen LogP contribution is 2.45. The van der Waals surface area contributed by atoms with Gasteiger partial charge in [0.15, 0.2) is 16.8 Å². The predicted molar refractivity (Wildman–Crippen MR) is 162 cm³/mol. The molecule has 0 bridgehead atoms. The largest absolute Gasteiger partial charge is 0.391 e. The SMILES string of the molecule is CC1(C)O[C@@H]2[C@H](O1)C(COC(c1ccccc1)(c1ccccc1)c1ccccc1)=C[C@H]2C(O)CNc1nccnc1Cl. The molecular formula is C34H34ClN3O4. The van der Waals surface area contributed by atoms with Crippen molar-refractivity contribution in [3.63, 3.8) is 0 Å². The molecule has 42 heavy (non-hydrogen) atoms. The van der Waals surface area contributed by atoms with E-state index in [2.05, 4.69) is 51.7 Å². The summed E-state index contributed by atoms with van der Waals surface area (Å²) >= 11 is 6.16. The van der Waals surface area contributed by atoms with Gasteiger partial charge in [0, 0.05) is 24.9 Å². The second-order valence-corrected chi connectivity index (χ2v) is 11.4. The quantitative estimate of drug-likeness (QED) is 0.175. The summed E-state index contributed by atoms with van der Waals surface area (Å²) in [5.41, 5.74) is 3.10. The summed E-state index contributed by atoms with van der Waals surface area (Å²) in [5.74, 6) is -0.718. The van der Waals surface area contributed by atoms with Gasteiger partial charge in [0.05, 0.1) is 18.8 Å². The molecule has 4 aromatic rings. The van der Waals surface area contributed by atoms with Crippen molar-refractivity contribution in [2.75, 3.05) is 18.5 Å². The molecule has 1 unspecified atom stereocenters. The molecule has 1 fully saturated rings. The van der Waals surface area contributed by atoms with Gasteiger partial charge in [-0.05, 0) is 36.1 Å². The van der Waals surface area contributed by atoms with Crippen LogP contribution in [0.15, 0.2) is 115 Å². The molecule has 2 heterocycles. The Balaban J connectivity index is 1.33. The summed E-state index contributed by atoms with van der Waals surface area (Å²) in [4.78, 5) is 8.26. The fourth-order valence-electron chi connectivity index (χ4n) is 5.99. The smallest absolute Gasteiger partial charge is 0.171 e. The average molecular weight is 584 g/mol. The summed E-state index contributed by atoms with van der Waals surface area (Å²) in [6.45, 7) is 4.27. The lowest BCUT2D eigenvalue weighted by atomic mass is 9.80. The molecule has 6 rings (SSSR count). The molecule has 0 radical (unpaired) electrons. The van der Waals surface area contributed by atoms with E-state index in [-0.39, 0.29) is 36.4 Å². The Bertz CT molecular complexity index is 1420. The third-order valence-corrected chi connectivity index (χ3v) is 8.13. The molecule has 7 nitrogen and oxygen atoms in total. The Hall–Kier alpha value is -3.59. The van der Waals surface area contributed by atoms with E-state index in [1.54, 1.807) is 6.20 Å². The molecule has 8 heteroatoms. The molecule has 0 spiro atoms. The van der Waals surface area contributed by atoms with Crippen LogP contribution < -0.4 is 5.32 Å². The normalized spacial score (nSPS) is 21.9. The summed E-state index contributed by atoms with van der Waals surface area (Å²) in [6.07, 6.45) is 3.59. The number of aromatic nitrogens is 2. The molecule has 1 aromatic heterocycles. The van der Waals surface area contributed by atoms with Crippen molar-refractivity contribution in [3.8, 4) is 0 Å². The lowest BCUT2D eigenvalue weighted by Crippen LogP contribution is -2.37. The Morgan fingerprint density at radius 3 is 1.98 bits per heavy atom. The molecule has 4 atom stereocenters. The van der Waals surface area contributed by atoms with E-state index in [0.29, 0.717) is 5.82 Å². The van der Waals surface area contributed by atoms with Gasteiger partial charge in [-0.2, -0.15) is 0 Å². The molecule has 1 aliphatic carbocycles. The van der Waals surface area contributed by atoms with E-state index in [1.807, 2.05) is 74.5 Å². The minimum absolute atomic E-state index is 0.211. The van der Waals surface area contributed by atoms with Gasteiger partial charge < -0.3 is 24.6 Å². The molecule has 0 saturated carbocycles. The number of fused-ring (bicyclic) bond motifs is 1. The van der Waals surface area contributed by atoms with Gasteiger partial charge in [-0.25, -0.2) is 9.97 Å². The zero-order chi connectivity index (χ0) is 29.2. The van der Waals surface area contributed by atoms with Crippen LogP contribution in [0.5, 0.6) is 0 Å². The number of rotatable bonds is 10. The lowest BCUT2D eigenvalue weighted by molar-refractivity contribution is -0.152. The average Bonchev–Trinajstić information content (AvgIpc) is 3.51. The van der Waals surface area contributed by atoms with E-state index in [1.165, 1.54) is 6.20 Å². The number of ether oxygens (including phenoxy) is 3. The predicted octanol–water partition coefficient (Wildman–Crippen LogP) is 5.99. The highest BCUT2D eigenvalue weighted by Gasteiger charge is 2.52. The maximum absolute atomic E-state index is 11.3. The van der Waals surface area contributed by atoms with Gasteiger partial charge in [0.2, 0.25) is 0 Å². The number of anilines is 1. The second-order valence-electron chi connectivity index (χ2n) is 11.1. The Morgan fingerprint density at radius 1 is 0.881 bits per heavy atom. The first-order valence-corrected chi connectivity index (χ1v) is 14.5. The van der Waals surface area contributed by atoms with E-state index < -0.39 is 17.5 Å². The highest BCUT2D eigenvalue weighted by atomic mass is 35.5. The van der Waals surface area contributed by atoms with Gasteiger partial charge in [-0.15, -0.1) is 0 Å². The zero-order valence-corrected chi connectivity index (χ0v) is 24.3. The first-order chi connectivity index (χ1) is 20.4. The lowest BCUT2D eigenvalue weighted by Gasteiger charge is -2.36. The van der Waals surface area contributed by atoms with Crippen LogP contribution >= 0.6 is 11.6 Å². The number of aliphatic hydroxyl groups is 1. The third kappa shape index (κ3) is 5.59. The molecule has 1 saturated heterocycles. The minimum Gasteiger partial charge on any atom is -0.391 e. The topological polar surface area (TPSA) is 85.7 Å². The molecule has 216 valence electrons. The maximum atomic E-state index is 11.3. The molecular weight excluding hydrogens is 550 g/mol. The van der Waals surface area contributed by atoms with Gasteiger partial charge in [-0.3, -0.25) is 0 Å². The van der Waals surface area contributed by atoms with Crippen LogP contribution in [0, 0.1) is 5.92 Å². The van der Waals surface area contributed by atoms with Crippen molar-refractivity contribution < 1.29 is 19.3 Å². The van der Waals surface area contributed by atoms with Crippen molar-refractivity contribution >= 4 is 17.4 Å². The number of nitrogens with zero attached hydrogens (tertiary/aromatic N) is 2. The Morgan fingerprint density at radius 2 is 1.43 bits per heavy atom. The molecule has 1 aliphatic heterocycles.